The molecule has 0 spiro atoms. The first-order chi connectivity index (χ1) is 30.8. The van der Waals surface area contributed by atoms with Gasteiger partial charge in [-0.3, -0.25) is 24.0 Å². The number of carbonyl (C=O) groups is 6. The Morgan fingerprint density at radius 2 is 1.63 bits per heavy atom. The fraction of sp³-hybridized carbons (Fsp3) is 0.725. The lowest BCUT2D eigenvalue weighted by Gasteiger charge is -2.42. The quantitative estimate of drug-likeness (QED) is 0.0326. The summed E-state index contributed by atoms with van der Waals surface area (Å²) in [6, 6.07) is -1.12. The van der Waals surface area contributed by atoms with Crippen molar-refractivity contribution in [3.05, 3.63) is 47.6 Å². The summed E-state index contributed by atoms with van der Waals surface area (Å²) in [5, 5.41) is 22.3. The molecule has 2 saturated heterocycles. The van der Waals surface area contributed by atoms with Gasteiger partial charge in [-0.05, 0) is 107 Å². The molecule has 2 aliphatic heterocycles. The number of allylic oxidation sites excluding steroid dienone is 7. The summed E-state index contributed by atoms with van der Waals surface area (Å²) in [4.78, 5) is 80.6. The molecule has 0 radical (unpaired) electrons. The second-order valence-corrected chi connectivity index (χ2v) is 19.1. The first-order valence-electron chi connectivity index (χ1n) is 23.7. The highest BCUT2D eigenvalue weighted by Gasteiger charge is 2.53. The van der Waals surface area contributed by atoms with Crippen molar-refractivity contribution in [3.63, 3.8) is 0 Å². The third kappa shape index (κ3) is 16.6. The van der Waals surface area contributed by atoms with Crippen LogP contribution in [-0.4, -0.2) is 127 Å². The van der Waals surface area contributed by atoms with Crippen molar-refractivity contribution in [3.8, 4) is 0 Å². The Labute approximate surface area is 387 Å². The number of ketones is 3. The Kier molecular flexibility index (Phi) is 23.3. The maximum absolute atomic E-state index is 14.2. The van der Waals surface area contributed by atoms with Gasteiger partial charge in [0.2, 0.25) is 5.79 Å². The Morgan fingerprint density at radius 3 is 2.29 bits per heavy atom. The number of piperidine rings is 1. The summed E-state index contributed by atoms with van der Waals surface area (Å²) in [6.45, 7) is 13.0. The molecule has 14 heteroatoms. The number of nitrogens with zero attached hydrogens (tertiary/aromatic N) is 1. The summed E-state index contributed by atoms with van der Waals surface area (Å²) in [7, 11) is 4.66. The number of aliphatic hydroxyl groups excluding tert-OH is 1. The largest absolute Gasteiger partial charge is 0.460 e. The maximum atomic E-state index is 14.2. The lowest BCUT2D eigenvalue weighted by Crippen LogP contribution is -2.61. The number of ether oxygens (including phenoxy) is 5. The summed E-state index contributed by atoms with van der Waals surface area (Å²) < 4.78 is 28.6. The SMILES string of the molecule is COCC(=O)[C@H](C)C[C@H](C)/C=C/C=C/C=C(\C)[C@H](C[C@@H]1CC[C@@H](C)[C@](O)(C(=O)C(=O)N2CCCC[C@H]2C(=O)O[C@@H](CC(=O)[C@H](C)/C=C(\C)C=O)[C@H](C)C[C@@H]2CC[C@@H](O)[C@H](OC)C2)O1)OC. The van der Waals surface area contributed by atoms with Crippen LogP contribution in [0.25, 0.3) is 0 Å². The van der Waals surface area contributed by atoms with Gasteiger partial charge in [-0.1, -0.05) is 71.1 Å². The minimum atomic E-state index is -2.44. The highest BCUT2D eigenvalue weighted by Crippen LogP contribution is 2.37. The molecule has 0 aromatic carbocycles. The highest BCUT2D eigenvalue weighted by molar-refractivity contribution is 6.39. The van der Waals surface area contributed by atoms with Crippen molar-refractivity contribution >= 4 is 35.5 Å². The van der Waals surface area contributed by atoms with Crippen molar-refractivity contribution in [2.24, 2.45) is 35.5 Å². The van der Waals surface area contributed by atoms with Crippen LogP contribution in [0.1, 0.15) is 126 Å². The number of hydrogen-bond acceptors (Lipinski definition) is 13. The van der Waals surface area contributed by atoms with Crippen LogP contribution in [-0.2, 0) is 52.5 Å². The van der Waals surface area contributed by atoms with E-state index in [-0.39, 0.29) is 67.3 Å². The van der Waals surface area contributed by atoms with Crippen LogP contribution in [0, 0.1) is 35.5 Å². The first-order valence-corrected chi connectivity index (χ1v) is 23.7. The third-order valence-electron chi connectivity index (χ3n) is 13.7. The molecule has 1 saturated carbocycles. The number of rotatable bonds is 25. The molecule has 1 amide bonds. The van der Waals surface area contributed by atoms with Crippen molar-refractivity contribution in [1.82, 2.24) is 4.90 Å². The molecule has 1 aliphatic carbocycles. The molecular formula is C51H79NO13. The lowest BCUT2D eigenvalue weighted by molar-refractivity contribution is -0.265. The molecule has 2 heterocycles. The van der Waals surface area contributed by atoms with Gasteiger partial charge in [0.05, 0.1) is 24.4 Å². The molecule has 0 unspecified atom stereocenters. The van der Waals surface area contributed by atoms with Crippen LogP contribution < -0.4 is 0 Å². The zero-order valence-corrected chi connectivity index (χ0v) is 40.7. The highest BCUT2D eigenvalue weighted by atomic mass is 16.6. The first kappa shape index (κ1) is 55.7. The Balaban J connectivity index is 1.73. The van der Waals surface area contributed by atoms with Crippen LogP contribution in [0.4, 0.5) is 0 Å². The second-order valence-electron chi connectivity index (χ2n) is 19.1. The smallest absolute Gasteiger partial charge is 0.329 e. The second kappa shape index (κ2) is 27.2. The predicted molar refractivity (Wildman–Crippen MR) is 246 cm³/mol. The van der Waals surface area contributed by atoms with Crippen molar-refractivity contribution in [2.75, 3.05) is 34.5 Å². The number of esters is 1. The van der Waals surface area contributed by atoms with Gasteiger partial charge < -0.3 is 38.8 Å². The van der Waals surface area contributed by atoms with Crippen LogP contribution in [0.5, 0.6) is 0 Å². The Hall–Kier alpha value is -3.66. The maximum Gasteiger partial charge on any atom is 0.329 e. The van der Waals surface area contributed by atoms with Gasteiger partial charge in [-0.25, -0.2) is 4.79 Å². The number of methoxy groups -OCH3 is 3. The fourth-order valence-corrected chi connectivity index (χ4v) is 9.44. The topological polar surface area (TPSA) is 192 Å². The molecule has 3 fully saturated rings. The van der Waals surface area contributed by atoms with Gasteiger partial charge >= 0.3 is 5.97 Å². The van der Waals surface area contributed by atoms with Crippen molar-refractivity contribution < 1.29 is 62.7 Å². The molecule has 13 atom stereocenters. The van der Waals surface area contributed by atoms with E-state index in [0.717, 1.165) is 18.4 Å². The Bertz CT molecular complexity index is 1720. The predicted octanol–water partition coefficient (Wildman–Crippen LogP) is 6.64. The van der Waals surface area contributed by atoms with Gasteiger partial charge in [0.25, 0.3) is 11.7 Å². The monoisotopic (exact) mass is 914 g/mol. The number of aliphatic hydroxyl groups is 2. The molecule has 2 N–H and O–H groups in total. The molecule has 3 aliphatic rings. The molecular weight excluding hydrogens is 835 g/mol. The minimum Gasteiger partial charge on any atom is -0.460 e. The van der Waals surface area contributed by atoms with Crippen molar-refractivity contribution in [1.29, 1.82) is 0 Å². The molecule has 0 aromatic heterocycles. The van der Waals surface area contributed by atoms with E-state index in [0.29, 0.717) is 63.2 Å². The van der Waals surface area contributed by atoms with E-state index >= 15 is 0 Å². The van der Waals surface area contributed by atoms with Crippen LogP contribution in [0.2, 0.25) is 0 Å². The van der Waals surface area contributed by atoms with Gasteiger partial charge in [-0.2, -0.15) is 0 Å². The average Bonchev–Trinajstić information content (AvgIpc) is 3.28. The number of amides is 1. The number of likely N-dealkylation sites (tertiary alicyclic amines) is 1. The zero-order chi connectivity index (χ0) is 48.4. The van der Waals surface area contributed by atoms with Gasteiger partial charge in [0.1, 0.15) is 30.8 Å². The summed E-state index contributed by atoms with van der Waals surface area (Å²) >= 11 is 0. The van der Waals surface area contributed by atoms with Crippen LogP contribution >= 0.6 is 0 Å². The van der Waals surface area contributed by atoms with E-state index in [1.807, 2.05) is 51.2 Å². The number of hydrogen-bond donors (Lipinski definition) is 2. The zero-order valence-electron chi connectivity index (χ0n) is 40.7. The molecule has 14 nitrogen and oxygen atoms in total. The number of aldehydes is 1. The fourth-order valence-electron chi connectivity index (χ4n) is 9.44. The normalized spacial score (nSPS) is 28.6. The van der Waals surface area contributed by atoms with E-state index in [1.165, 1.54) is 12.0 Å². The van der Waals surface area contributed by atoms with E-state index in [9.17, 15) is 39.0 Å². The average molecular weight is 914 g/mol. The van der Waals surface area contributed by atoms with Gasteiger partial charge in [-0.15, -0.1) is 0 Å². The molecule has 65 heavy (non-hydrogen) atoms. The number of Topliss-reactive ketones (excluding diaryl/α,β-unsaturated/α-hetero) is 3. The lowest BCUT2D eigenvalue weighted by atomic mass is 9.78. The standard InChI is InChI=1S/C51H79NO13/c1-32(24-36(5)44(56)31-61-8)16-12-11-13-17-34(3)45(62-9)28-40-21-19-38(7)51(60,65-40)48(57)49(58)52-23-15-14-18-41(52)50(59)64-46(29-43(55)35(4)25-33(2)30-53)37(6)26-39-20-22-42(54)47(27-39)63-10/h11-13,16-17,25,30,32,35-42,45-47,54,60H,14-15,18-24,26-29,31H2,1-10H3/b13-11+,16-12+,33-25+,34-17+/t32-,35-,36-,37-,38-,39+,40+,41+,42-,45+,46+,47-,51-/m1/s1. The summed E-state index contributed by atoms with van der Waals surface area (Å²) in [5.41, 5.74) is 1.30. The van der Waals surface area contributed by atoms with E-state index in [4.69, 9.17) is 23.7 Å². The Morgan fingerprint density at radius 1 is 0.908 bits per heavy atom. The molecule has 0 aromatic rings. The van der Waals surface area contributed by atoms with Crippen LogP contribution in [0.3, 0.4) is 0 Å². The molecule has 3 rings (SSSR count). The molecule has 0 bridgehead atoms. The van der Waals surface area contributed by atoms with Gasteiger partial charge in [0.15, 0.2) is 5.78 Å². The number of carbonyl (C=O) groups excluding carboxylic acids is 6. The summed E-state index contributed by atoms with van der Waals surface area (Å²) in [6.07, 6.45) is 14.9. The van der Waals surface area contributed by atoms with Gasteiger partial charge in [0, 0.05) is 58.5 Å². The van der Waals surface area contributed by atoms with Crippen molar-refractivity contribution in [2.45, 2.75) is 168 Å². The summed E-state index contributed by atoms with van der Waals surface area (Å²) in [5.74, 6) is -6.84. The minimum absolute atomic E-state index is 0.0796. The van der Waals surface area contributed by atoms with E-state index in [1.54, 1.807) is 41.1 Å². The molecule has 366 valence electrons. The third-order valence-corrected chi connectivity index (χ3v) is 13.7. The van der Waals surface area contributed by atoms with E-state index < -0.39 is 65.7 Å². The van der Waals surface area contributed by atoms with Crippen LogP contribution in [0.15, 0.2) is 47.6 Å². The van der Waals surface area contributed by atoms with E-state index in [2.05, 4.69) is 6.92 Å².